The Morgan fingerprint density at radius 2 is 2.16 bits per heavy atom. The van der Waals surface area contributed by atoms with Crippen molar-refractivity contribution in [2.75, 3.05) is 6.54 Å². The van der Waals surface area contributed by atoms with Gasteiger partial charge in [-0.25, -0.2) is 4.39 Å². The fourth-order valence-corrected chi connectivity index (χ4v) is 2.71. The summed E-state index contributed by atoms with van der Waals surface area (Å²) in [5.74, 6) is 0.494. The summed E-state index contributed by atoms with van der Waals surface area (Å²) in [4.78, 5) is 0. The predicted octanol–water partition coefficient (Wildman–Crippen LogP) is 4.28. The molecule has 4 heteroatoms. The van der Waals surface area contributed by atoms with Gasteiger partial charge in [-0.05, 0) is 66.4 Å². The van der Waals surface area contributed by atoms with E-state index in [1.54, 1.807) is 12.1 Å². The lowest BCUT2D eigenvalue weighted by Crippen LogP contribution is -2.45. The van der Waals surface area contributed by atoms with E-state index >= 15 is 0 Å². The fourth-order valence-electron chi connectivity index (χ4n) is 2.35. The van der Waals surface area contributed by atoms with E-state index in [9.17, 15) is 4.39 Å². The molecular weight excluding hydrogens is 309 g/mol. The summed E-state index contributed by atoms with van der Waals surface area (Å²) in [6, 6.07) is 5.36. The zero-order valence-corrected chi connectivity index (χ0v) is 13.1. The predicted molar refractivity (Wildman–Crippen MR) is 79.1 cm³/mol. The van der Waals surface area contributed by atoms with Crippen molar-refractivity contribution in [3.05, 3.63) is 28.5 Å². The molecule has 1 N–H and O–H groups in total. The Morgan fingerprint density at radius 1 is 1.42 bits per heavy atom. The van der Waals surface area contributed by atoms with E-state index < -0.39 is 0 Å². The average molecular weight is 330 g/mol. The normalized spacial score (nSPS) is 17.3. The van der Waals surface area contributed by atoms with E-state index in [0.717, 1.165) is 31.6 Å². The van der Waals surface area contributed by atoms with Crippen LogP contribution >= 0.6 is 15.9 Å². The highest BCUT2D eigenvalue weighted by Gasteiger charge is 2.38. The van der Waals surface area contributed by atoms with Gasteiger partial charge in [0.15, 0.2) is 0 Å². The van der Waals surface area contributed by atoms with Gasteiger partial charge < -0.3 is 10.1 Å². The summed E-state index contributed by atoms with van der Waals surface area (Å²) in [6.45, 7) is 5.25. The molecule has 1 aliphatic carbocycles. The molecule has 0 aliphatic heterocycles. The topological polar surface area (TPSA) is 21.3 Å². The second-order valence-electron chi connectivity index (χ2n) is 5.57. The van der Waals surface area contributed by atoms with Crippen LogP contribution in [-0.2, 0) is 0 Å². The number of benzene rings is 1. The molecule has 0 aromatic heterocycles. The molecule has 1 aromatic carbocycles. The van der Waals surface area contributed by atoms with Gasteiger partial charge in [0.05, 0.1) is 4.47 Å². The van der Waals surface area contributed by atoms with Gasteiger partial charge >= 0.3 is 0 Å². The third-order valence-electron chi connectivity index (χ3n) is 3.62. The molecule has 1 aromatic rings. The number of halogens is 2. The van der Waals surface area contributed by atoms with Gasteiger partial charge in [0.2, 0.25) is 0 Å². The van der Waals surface area contributed by atoms with Crippen LogP contribution in [0.1, 0.15) is 39.5 Å². The Labute approximate surface area is 122 Å². The largest absolute Gasteiger partial charge is 0.487 e. The number of nitrogens with one attached hydrogen (secondary N) is 1. The lowest BCUT2D eigenvalue weighted by molar-refractivity contribution is -0.0146. The van der Waals surface area contributed by atoms with E-state index in [0.29, 0.717) is 10.5 Å². The Balaban J connectivity index is 1.95. The van der Waals surface area contributed by atoms with E-state index in [1.807, 2.05) is 0 Å². The van der Waals surface area contributed by atoms with Gasteiger partial charge in [-0.1, -0.05) is 13.8 Å². The third-order valence-corrected chi connectivity index (χ3v) is 4.23. The van der Waals surface area contributed by atoms with Crippen molar-refractivity contribution in [3.63, 3.8) is 0 Å². The van der Waals surface area contributed by atoms with Crippen LogP contribution in [-0.4, -0.2) is 18.2 Å². The molecule has 0 unspecified atom stereocenters. The van der Waals surface area contributed by atoms with Crippen LogP contribution in [0.2, 0.25) is 0 Å². The van der Waals surface area contributed by atoms with Crippen molar-refractivity contribution in [2.24, 2.45) is 0 Å². The van der Waals surface area contributed by atoms with Crippen molar-refractivity contribution in [3.8, 4) is 5.75 Å². The first-order chi connectivity index (χ1) is 9.01. The summed E-state index contributed by atoms with van der Waals surface area (Å²) < 4.78 is 19.8. The molecule has 0 amide bonds. The molecule has 0 saturated heterocycles. The summed E-state index contributed by atoms with van der Waals surface area (Å²) >= 11 is 3.20. The van der Waals surface area contributed by atoms with Crippen LogP contribution in [0, 0.1) is 5.82 Å². The van der Waals surface area contributed by atoms with Gasteiger partial charge in [-0.3, -0.25) is 0 Å². The smallest absolute Gasteiger partial charge is 0.137 e. The highest BCUT2D eigenvalue weighted by Crippen LogP contribution is 2.39. The van der Waals surface area contributed by atoms with E-state index in [1.165, 1.54) is 12.5 Å². The van der Waals surface area contributed by atoms with Crippen molar-refractivity contribution >= 4 is 15.9 Å². The minimum absolute atomic E-state index is 0.0564. The maximum Gasteiger partial charge on any atom is 0.137 e. The zero-order chi connectivity index (χ0) is 13.9. The third kappa shape index (κ3) is 3.93. The first-order valence-corrected chi connectivity index (χ1v) is 7.67. The van der Waals surface area contributed by atoms with Crippen LogP contribution in [0.5, 0.6) is 5.75 Å². The van der Waals surface area contributed by atoms with Crippen molar-refractivity contribution in [1.29, 1.82) is 0 Å². The second kappa shape index (κ2) is 6.23. The standard InChI is InChI=1S/C15H21BrFNO/c1-11(2)18-9-8-15(6-3-7-15)19-12-4-5-14(17)13(16)10-12/h4-5,10-11,18H,3,6-9H2,1-2H3. The second-order valence-corrected chi connectivity index (χ2v) is 6.43. The molecule has 1 saturated carbocycles. The van der Waals surface area contributed by atoms with Crippen LogP contribution in [0.4, 0.5) is 4.39 Å². The highest BCUT2D eigenvalue weighted by atomic mass is 79.9. The molecule has 106 valence electrons. The zero-order valence-electron chi connectivity index (χ0n) is 11.5. The highest BCUT2D eigenvalue weighted by molar-refractivity contribution is 9.10. The lowest BCUT2D eigenvalue weighted by atomic mass is 9.77. The van der Waals surface area contributed by atoms with E-state index in [4.69, 9.17) is 4.74 Å². The first kappa shape index (κ1) is 14.8. The first-order valence-electron chi connectivity index (χ1n) is 6.88. The van der Waals surface area contributed by atoms with Gasteiger partial charge in [-0.2, -0.15) is 0 Å². The molecule has 2 nitrogen and oxygen atoms in total. The van der Waals surface area contributed by atoms with E-state index in [2.05, 4.69) is 35.1 Å². The van der Waals surface area contributed by atoms with Crippen LogP contribution in [0.3, 0.4) is 0 Å². The van der Waals surface area contributed by atoms with Gasteiger partial charge in [0, 0.05) is 6.04 Å². The molecule has 1 fully saturated rings. The molecule has 0 atom stereocenters. The molecule has 1 aliphatic rings. The van der Waals surface area contributed by atoms with Gasteiger partial charge in [0.25, 0.3) is 0 Å². The summed E-state index contributed by atoms with van der Waals surface area (Å²) in [5, 5.41) is 3.43. The molecule has 2 rings (SSSR count). The maximum atomic E-state index is 13.2. The molecule has 0 spiro atoms. The summed E-state index contributed by atoms with van der Waals surface area (Å²) in [7, 11) is 0. The molecule has 0 heterocycles. The Hall–Kier alpha value is -0.610. The molecular formula is C15H21BrFNO. The SMILES string of the molecule is CC(C)NCCC1(Oc2ccc(F)c(Br)c2)CCC1. The minimum Gasteiger partial charge on any atom is -0.487 e. The Morgan fingerprint density at radius 3 is 2.68 bits per heavy atom. The average Bonchev–Trinajstić information content (AvgIpc) is 2.30. The van der Waals surface area contributed by atoms with Crippen LogP contribution in [0.15, 0.2) is 22.7 Å². The van der Waals surface area contributed by atoms with Crippen molar-refractivity contribution < 1.29 is 9.13 Å². The van der Waals surface area contributed by atoms with Crippen LogP contribution < -0.4 is 10.1 Å². The number of hydrogen-bond donors (Lipinski definition) is 1. The molecule has 0 radical (unpaired) electrons. The molecule has 19 heavy (non-hydrogen) atoms. The Bertz CT molecular complexity index is 432. The van der Waals surface area contributed by atoms with Gasteiger partial charge in [0.1, 0.15) is 17.2 Å². The number of ether oxygens (including phenoxy) is 1. The summed E-state index contributed by atoms with van der Waals surface area (Å²) in [6.07, 6.45) is 4.38. The fraction of sp³-hybridized carbons (Fsp3) is 0.600. The monoisotopic (exact) mass is 329 g/mol. The van der Waals surface area contributed by atoms with Crippen LogP contribution in [0.25, 0.3) is 0 Å². The lowest BCUT2D eigenvalue weighted by Gasteiger charge is -2.42. The number of hydrogen-bond acceptors (Lipinski definition) is 2. The number of rotatable bonds is 6. The maximum absolute atomic E-state index is 13.2. The summed E-state index contributed by atoms with van der Waals surface area (Å²) in [5.41, 5.74) is -0.0564. The Kier molecular flexibility index (Phi) is 4.85. The van der Waals surface area contributed by atoms with Crippen molar-refractivity contribution in [2.45, 2.75) is 51.2 Å². The van der Waals surface area contributed by atoms with Gasteiger partial charge in [-0.15, -0.1) is 0 Å². The minimum atomic E-state index is -0.253. The molecule has 0 bridgehead atoms. The van der Waals surface area contributed by atoms with Crippen molar-refractivity contribution in [1.82, 2.24) is 5.32 Å². The quantitative estimate of drug-likeness (QED) is 0.841. The van der Waals surface area contributed by atoms with E-state index in [-0.39, 0.29) is 11.4 Å².